The van der Waals surface area contributed by atoms with E-state index in [0.717, 1.165) is 32.5 Å². The second-order valence-electron chi connectivity index (χ2n) is 4.35. The van der Waals surface area contributed by atoms with Crippen LogP contribution in [0.1, 0.15) is 12.8 Å². The molecule has 2 bridgehead atoms. The van der Waals surface area contributed by atoms with Gasteiger partial charge in [0.2, 0.25) is 0 Å². The Kier molecular flexibility index (Phi) is 3.28. The maximum atomic E-state index is 11.8. The zero-order valence-electron chi connectivity index (χ0n) is 9.36. The maximum absolute atomic E-state index is 11.8. The molecule has 6 nitrogen and oxygen atoms in total. The number of rotatable bonds is 1. The molecule has 3 aliphatic heterocycles. The molecule has 0 radical (unpaired) electrons. The normalized spacial score (nSPS) is 31.9. The van der Waals surface area contributed by atoms with Crippen LogP contribution in [0.2, 0.25) is 0 Å². The Bertz CT molecular complexity index is 287. The number of piperidine rings is 3. The maximum Gasteiger partial charge on any atom is 0.431 e. The fraction of sp³-hybridized carbons (Fsp3) is 0.800. The van der Waals surface area contributed by atoms with Gasteiger partial charge in [-0.25, -0.2) is 4.79 Å². The molecular weight excluding hydrogens is 210 g/mol. The van der Waals surface area contributed by atoms with E-state index in [0.29, 0.717) is 5.92 Å². The van der Waals surface area contributed by atoms with Crippen molar-refractivity contribution in [2.75, 3.05) is 26.7 Å². The molecule has 0 aromatic heterocycles. The third kappa shape index (κ3) is 2.27. The third-order valence-corrected chi connectivity index (χ3v) is 3.44. The van der Waals surface area contributed by atoms with Crippen molar-refractivity contribution in [1.82, 2.24) is 15.7 Å². The van der Waals surface area contributed by atoms with Gasteiger partial charge in [0.1, 0.15) is 0 Å². The molecule has 3 aliphatic rings. The molecule has 0 aromatic carbocycles. The molecule has 3 fully saturated rings. The van der Waals surface area contributed by atoms with Crippen LogP contribution in [0, 0.1) is 11.8 Å². The minimum atomic E-state index is -0.644. The number of nitrogens with zero attached hydrogens (tertiary/aromatic N) is 1. The predicted molar refractivity (Wildman–Crippen MR) is 56.3 cm³/mol. The average molecular weight is 227 g/mol. The molecule has 3 heterocycles. The van der Waals surface area contributed by atoms with Crippen LogP contribution >= 0.6 is 0 Å². The van der Waals surface area contributed by atoms with Crippen LogP contribution in [0.4, 0.5) is 4.79 Å². The summed E-state index contributed by atoms with van der Waals surface area (Å²) in [7, 11) is 1.45. The molecule has 0 aliphatic carbocycles. The summed E-state index contributed by atoms with van der Waals surface area (Å²) in [6.07, 6.45) is 1.49. The first kappa shape index (κ1) is 11.2. The summed E-state index contributed by atoms with van der Waals surface area (Å²) in [5, 5.41) is 2.27. The Morgan fingerprint density at radius 3 is 2.50 bits per heavy atom. The Morgan fingerprint density at radius 1 is 1.31 bits per heavy atom. The minimum Gasteiger partial charge on any atom is -0.323 e. The van der Waals surface area contributed by atoms with Gasteiger partial charge in [0.15, 0.2) is 0 Å². The van der Waals surface area contributed by atoms with Crippen LogP contribution in [-0.2, 0) is 9.63 Å². The lowest BCUT2D eigenvalue weighted by Crippen LogP contribution is -2.53. The van der Waals surface area contributed by atoms with E-state index >= 15 is 0 Å². The fourth-order valence-electron chi connectivity index (χ4n) is 2.49. The van der Waals surface area contributed by atoms with Gasteiger partial charge in [-0.15, -0.1) is 0 Å². The van der Waals surface area contributed by atoms with E-state index in [1.54, 1.807) is 0 Å². The number of carbonyl (C=O) groups is 2. The number of amides is 2. The monoisotopic (exact) mass is 227 g/mol. The molecule has 0 saturated carbocycles. The lowest BCUT2D eigenvalue weighted by Gasteiger charge is -2.43. The molecule has 2 amide bonds. The molecule has 0 spiro atoms. The van der Waals surface area contributed by atoms with E-state index in [4.69, 9.17) is 0 Å². The fourth-order valence-corrected chi connectivity index (χ4v) is 2.49. The highest BCUT2D eigenvalue weighted by Gasteiger charge is 2.38. The first-order chi connectivity index (χ1) is 7.70. The summed E-state index contributed by atoms with van der Waals surface area (Å²) >= 11 is 0. The van der Waals surface area contributed by atoms with E-state index in [9.17, 15) is 9.59 Å². The number of hydrogen-bond acceptors (Lipinski definition) is 4. The Balaban J connectivity index is 1.83. The molecule has 1 atom stereocenters. The van der Waals surface area contributed by atoms with Crippen molar-refractivity contribution in [1.29, 1.82) is 0 Å². The predicted octanol–water partition coefficient (Wildman–Crippen LogP) is -0.285. The van der Waals surface area contributed by atoms with E-state index in [1.807, 2.05) is 0 Å². The van der Waals surface area contributed by atoms with Crippen molar-refractivity contribution < 1.29 is 14.4 Å². The van der Waals surface area contributed by atoms with Gasteiger partial charge in [-0.1, -0.05) is 0 Å². The van der Waals surface area contributed by atoms with Gasteiger partial charge in [-0.05, 0) is 31.8 Å². The molecule has 90 valence electrons. The number of hydroxylamine groups is 1. The van der Waals surface area contributed by atoms with E-state index in [-0.39, 0.29) is 11.8 Å². The molecule has 0 unspecified atom stereocenters. The summed E-state index contributed by atoms with van der Waals surface area (Å²) in [4.78, 5) is 29.4. The van der Waals surface area contributed by atoms with Gasteiger partial charge in [-0.3, -0.25) is 4.79 Å². The lowest BCUT2D eigenvalue weighted by molar-refractivity contribution is -0.139. The summed E-state index contributed by atoms with van der Waals surface area (Å²) in [6, 6.07) is 0. The third-order valence-electron chi connectivity index (χ3n) is 3.44. The molecule has 2 N–H and O–H groups in total. The molecule has 3 saturated heterocycles. The number of fused-ring (bicyclic) bond motifs is 3. The van der Waals surface area contributed by atoms with Crippen molar-refractivity contribution in [3.8, 4) is 0 Å². The Labute approximate surface area is 94.3 Å². The number of hydrogen-bond donors (Lipinski definition) is 2. The molecular formula is C10H17N3O3. The topological polar surface area (TPSA) is 70.7 Å². The Morgan fingerprint density at radius 2 is 2.00 bits per heavy atom. The van der Waals surface area contributed by atoms with Crippen LogP contribution < -0.4 is 10.8 Å². The van der Waals surface area contributed by atoms with Crippen LogP contribution in [0.5, 0.6) is 0 Å². The van der Waals surface area contributed by atoms with Crippen molar-refractivity contribution in [3.05, 3.63) is 0 Å². The summed E-state index contributed by atoms with van der Waals surface area (Å²) in [5.41, 5.74) is 2.21. The molecule has 3 rings (SSSR count). The first-order valence-electron chi connectivity index (χ1n) is 5.61. The molecule has 16 heavy (non-hydrogen) atoms. The van der Waals surface area contributed by atoms with Crippen LogP contribution in [0.3, 0.4) is 0 Å². The number of nitrogens with one attached hydrogen (secondary N) is 2. The lowest BCUT2D eigenvalue weighted by atomic mass is 9.79. The van der Waals surface area contributed by atoms with Crippen molar-refractivity contribution in [2.24, 2.45) is 11.8 Å². The highest BCUT2D eigenvalue weighted by Crippen LogP contribution is 2.32. The second-order valence-corrected chi connectivity index (χ2v) is 4.35. The van der Waals surface area contributed by atoms with Crippen molar-refractivity contribution in [2.45, 2.75) is 12.8 Å². The highest BCUT2D eigenvalue weighted by atomic mass is 16.7. The van der Waals surface area contributed by atoms with Crippen LogP contribution in [0.15, 0.2) is 0 Å². The van der Waals surface area contributed by atoms with E-state index < -0.39 is 6.09 Å². The molecule has 6 heteroatoms. The first-order valence-corrected chi connectivity index (χ1v) is 5.61. The zero-order chi connectivity index (χ0) is 11.5. The van der Waals surface area contributed by atoms with Gasteiger partial charge in [0, 0.05) is 13.6 Å². The SMILES string of the molecule is CNC(=O)ONC(=O)[C@H]1CN2CCC1CC2. The highest BCUT2D eigenvalue weighted by molar-refractivity contribution is 5.80. The zero-order valence-corrected chi connectivity index (χ0v) is 9.36. The van der Waals surface area contributed by atoms with Gasteiger partial charge < -0.3 is 15.1 Å². The van der Waals surface area contributed by atoms with Gasteiger partial charge in [0.25, 0.3) is 5.91 Å². The van der Waals surface area contributed by atoms with Crippen molar-refractivity contribution >= 4 is 12.0 Å². The number of carbonyl (C=O) groups excluding carboxylic acids is 2. The van der Waals surface area contributed by atoms with Crippen LogP contribution in [0.25, 0.3) is 0 Å². The van der Waals surface area contributed by atoms with E-state index in [1.165, 1.54) is 7.05 Å². The summed E-state index contributed by atoms with van der Waals surface area (Å²) in [6.45, 7) is 2.96. The van der Waals surface area contributed by atoms with Gasteiger partial charge in [-0.2, -0.15) is 5.48 Å². The van der Waals surface area contributed by atoms with Gasteiger partial charge in [0.05, 0.1) is 5.92 Å². The second kappa shape index (κ2) is 4.69. The molecule has 0 aromatic rings. The summed E-state index contributed by atoms with van der Waals surface area (Å²) < 4.78 is 0. The smallest absolute Gasteiger partial charge is 0.323 e. The van der Waals surface area contributed by atoms with E-state index in [2.05, 4.69) is 20.5 Å². The van der Waals surface area contributed by atoms with Crippen molar-refractivity contribution in [3.63, 3.8) is 0 Å². The largest absolute Gasteiger partial charge is 0.431 e. The average Bonchev–Trinajstić information content (AvgIpc) is 2.36. The quantitative estimate of drug-likeness (QED) is 0.604. The summed E-state index contributed by atoms with van der Waals surface area (Å²) in [5.74, 6) is 0.225. The Hall–Kier alpha value is -1.30. The van der Waals surface area contributed by atoms with Gasteiger partial charge >= 0.3 is 6.09 Å². The standard InChI is InChI=1S/C10H17N3O3/c1-11-10(15)16-12-9(14)8-6-13-4-2-7(8)3-5-13/h7-8H,2-6H2,1H3,(H,11,15)(H,12,14)/t8-/m0/s1. The minimum absolute atomic E-state index is 0.0350. The van der Waals surface area contributed by atoms with Crippen LogP contribution in [-0.4, -0.2) is 43.6 Å².